The molecule has 1 fully saturated rings. The number of amides is 2. The Kier molecular flexibility index (Phi) is 7.06. The molecule has 0 spiro atoms. The lowest BCUT2D eigenvalue weighted by Gasteiger charge is -2.34. The predicted molar refractivity (Wildman–Crippen MR) is 101 cm³/mol. The normalized spacial score (nSPS) is 13.8. The monoisotopic (exact) mass is 438 g/mol. The first-order chi connectivity index (χ1) is 14.9. The van der Waals surface area contributed by atoms with Crippen molar-refractivity contribution in [3.8, 4) is 11.5 Å². The van der Waals surface area contributed by atoms with Gasteiger partial charge in [0.05, 0.1) is 18.9 Å². The van der Waals surface area contributed by atoms with Crippen LogP contribution in [0.1, 0.15) is 20.9 Å². The smallest absolute Gasteiger partial charge is 0.387 e. The second-order valence-electron chi connectivity index (χ2n) is 6.47. The highest BCUT2D eigenvalue weighted by Gasteiger charge is 2.26. The average molecular weight is 438 g/mol. The lowest BCUT2D eigenvalue weighted by Crippen LogP contribution is -2.51. The lowest BCUT2D eigenvalue weighted by molar-refractivity contribution is -0.136. The molecule has 2 heterocycles. The highest BCUT2D eigenvalue weighted by Crippen LogP contribution is 2.29. The summed E-state index contributed by atoms with van der Waals surface area (Å²) < 4.78 is 44.1. The van der Waals surface area contributed by atoms with E-state index in [1.165, 1.54) is 30.4 Å². The number of halogens is 2. The maximum absolute atomic E-state index is 12.4. The minimum absolute atomic E-state index is 0.0140. The van der Waals surface area contributed by atoms with Gasteiger partial charge >= 0.3 is 12.6 Å². The van der Waals surface area contributed by atoms with Gasteiger partial charge in [0, 0.05) is 26.2 Å². The van der Waals surface area contributed by atoms with Gasteiger partial charge in [-0.2, -0.15) is 8.78 Å². The van der Waals surface area contributed by atoms with Crippen molar-refractivity contribution >= 4 is 17.8 Å². The van der Waals surface area contributed by atoms with E-state index in [-0.39, 0.29) is 41.8 Å². The molecule has 1 aliphatic rings. The molecule has 9 nitrogen and oxygen atoms in total. The van der Waals surface area contributed by atoms with Crippen LogP contribution in [0.15, 0.2) is 41.0 Å². The van der Waals surface area contributed by atoms with Crippen LogP contribution in [-0.2, 0) is 9.53 Å². The summed E-state index contributed by atoms with van der Waals surface area (Å²) in [5, 5.41) is 0. The molecule has 0 unspecified atom stereocenters. The van der Waals surface area contributed by atoms with Crippen LogP contribution < -0.4 is 9.47 Å². The molecule has 1 aromatic heterocycles. The van der Waals surface area contributed by atoms with Gasteiger partial charge in [-0.15, -0.1) is 0 Å². The second-order valence-corrected chi connectivity index (χ2v) is 6.47. The summed E-state index contributed by atoms with van der Waals surface area (Å²) in [6.07, 6.45) is 1.41. The molecule has 0 aliphatic carbocycles. The van der Waals surface area contributed by atoms with Crippen LogP contribution in [0, 0.1) is 0 Å². The summed E-state index contributed by atoms with van der Waals surface area (Å²) >= 11 is 0. The molecule has 2 aromatic rings. The average Bonchev–Trinajstić information content (AvgIpc) is 3.31. The molecule has 2 amide bonds. The minimum Gasteiger partial charge on any atom is -0.493 e. The first-order valence-electron chi connectivity index (χ1n) is 9.29. The van der Waals surface area contributed by atoms with Crippen molar-refractivity contribution in [2.45, 2.75) is 6.61 Å². The first kappa shape index (κ1) is 22.1. The Morgan fingerprint density at radius 2 is 1.77 bits per heavy atom. The summed E-state index contributed by atoms with van der Waals surface area (Å²) in [6, 6.07) is 6.76. The Bertz CT molecular complexity index is 926. The molecule has 1 aromatic carbocycles. The zero-order chi connectivity index (χ0) is 22.4. The van der Waals surface area contributed by atoms with Gasteiger partial charge in [0.2, 0.25) is 0 Å². The molecule has 1 aliphatic heterocycles. The third-order valence-electron chi connectivity index (χ3n) is 4.59. The Hall–Kier alpha value is -3.63. The lowest BCUT2D eigenvalue weighted by atomic mass is 10.2. The molecule has 0 radical (unpaired) electrons. The topological polar surface area (TPSA) is 98.5 Å². The van der Waals surface area contributed by atoms with E-state index in [4.69, 9.17) is 13.9 Å². The zero-order valence-electron chi connectivity index (χ0n) is 16.6. The quantitative estimate of drug-likeness (QED) is 0.610. The van der Waals surface area contributed by atoms with E-state index in [0.29, 0.717) is 13.1 Å². The maximum Gasteiger partial charge on any atom is 0.387 e. The number of ether oxygens (including phenoxy) is 3. The number of nitrogens with zero attached hydrogens (tertiary/aromatic N) is 2. The number of benzene rings is 1. The standard InChI is InChI=1S/C20H20F2N2O7/c1-28-16-11-13(4-5-14(16)31-20(21)22)19(27)30-12-17(25)23-6-8-24(9-7-23)18(26)15-3-2-10-29-15/h2-5,10-11,20H,6-9,12H2,1H3. The SMILES string of the molecule is COc1cc(C(=O)OCC(=O)N2CCN(C(=O)c3ccco3)CC2)ccc1OC(F)F. The number of esters is 1. The summed E-state index contributed by atoms with van der Waals surface area (Å²) in [4.78, 5) is 39.8. The number of methoxy groups -OCH3 is 1. The molecule has 0 saturated carbocycles. The number of rotatable bonds is 7. The van der Waals surface area contributed by atoms with Gasteiger partial charge in [-0.3, -0.25) is 9.59 Å². The summed E-state index contributed by atoms with van der Waals surface area (Å²) in [7, 11) is 1.24. The Morgan fingerprint density at radius 3 is 2.39 bits per heavy atom. The number of carbonyl (C=O) groups excluding carboxylic acids is 3. The number of carbonyl (C=O) groups is 3. The molecule has 166 valence electrons. The fourth-order valence-corrected chi connectivity index (χ4v) is 3.00. The molecule has 3 rings (SSSR count). The highest BCUT2D eigenvalue weighted by molar-refractivity contribution is 5.93. The fraction of sp³-hybridized carbons (Fsp3) is 0.350. The van der Waals surface area contributed by atoms with Crippen LogP contribution in [0.25, 0.3) is 0 Å². The van der Waals surface area contributed by atoms with Gasteiger partial charge in [-0.25, -0.2) is 4.79 Å². The van der Waals surface area contributed by atoms with E-state index in [1.54, 1.807) is 17.0 Å². The van der Waals surface area contributed by atoms with Crippen molar-refractivity contribution in [3.05, 3.63) is 47.9 Å². The van der Waals surface area contributed by atoms with Gasteiger partial charge in [0.25, 0.3) is 11.8 Å². The molecule has 0 bridgehead atoms. The van der Waals surface area contributed by atoms with Gasteiger partial charge in [-0.1, -0.05) is 0 Å². The van der Waals surface area contributed by atoms with Crippen LogP contribution in [0.5, 0.6) is 11.5 Å². The highest BCUT2D eigenvalue weighted by atomic mass is 19.3. The summed E-state index contributed by atoms with van der Waals surface area (Å²) in [5.74, 6) is -1.55. The van der Waals surface area contributed by atoms with Gasteiger partial charge in [0.1, 0.15) is 0 Å². The predicted octanol–water partition coefficient (Wildman–Crippen LogP) is 2.03. The Labute approximate surface area is 176 Å². The molecular weight excluding hydrogens is 418 g/mol. The van der Waals surface area contributed by atoms with E-state index in [2.05, 4.69) is 4.74 Å². The van der Waals surface area contributed by atoms with Crippen molar-refractivity contribution in [1.82, 2.24) is 9.80 Å². The molecule has 31 heavy (non-hydrogen) atoms. The zero-order valence-corrected chi connectivity index (χ0v) is 16.6. The van der Waals surface area contributed by atoms with Crippen LogP contribution in [0.3, 0.4) is 0 Å². The largest absolute Gasteiger partial charge is 0.493 e. The number of hydrogen-bond donors (Lipinski definition) is 0. The number of piperazine rings is 1. The van der Waals surface area contributed by atoms with Gasteiger partial charge < -0.3 is 28.4 Å². The van der Waals surface area contributed by atoms with Gasteiger partial charge in [-0.05, 0) is 30.3 Å². The summed E-state index contributed by atoms with van der Waals surface area (Å²) in [6.45, 7) is -2.32. The van der Waals surface area contributed by atoms with Crippen LogP contribution in [0.4, 0.5) is 8.78 Å². The number of furan rings is 1. The molecule has 1 saturated heterocycles. The van der Waals surface area contributed by atoms with Crippen LogP contribution >= 0.6 is 0 Å². The third kappa shape index (κ3) is 5.50. The number of hydrogen-bond acceptors (Lipinski definition) is 7. The third-order valence-corrected chi connectivity index (χ3v) is 4.59. The Morgan fingerprint density at radius 1 is 1.06 bits per heavy atom. The molecule has 11 heteroatoms. The van der Waals surface area contributed by atoms with Crippen LogP contribution in [0.2, 0.25) is 0 Å². The number of alkyl halides is 2. The maximum atomic E-state index is 12.4. The van der Waals surface area contributed by atoms with E-state index in [0.717, 1.165) is 6.07 Å². The van der Waals surface area contributed by atoms with Crippen molar-refractivity contribution < 1.29 is 41.8 Å². The molecule has 0 N–H and O–H groups in total. The van der Waals surface area contributed by atoms with Crippen molar-refractivity contribution in [3.63, 3.8) is 0 Å². The van der Waals surface area contributed by atoms with Gasteiger partial charge in [0.15, 0.2) is 23.9 Å². The van der Waals surface area contributed by atoms with Crippen molar-refractivity contribution in [2.24, 2.45) is 0 Å². The van der Waals surface area contributed by atoms with E-state index in [9.17, 15) is 23.2 Å². The molecule has 0 atom stereocenters. The molecular formula is C20H20F2N2O7. The Balaban J connectivity index is 1.49. The second kappa shape index (κ2) is 9.92. The van der Waals surface area contributed by atoms with E-state index < -0.39 is 25.1 Å². The van der Waals surface area contributed by atoms with Crippen molar-refractivity contribution in [2.75, 3.05) is 39.9 Å². The van der Waals surface area contributed by atoms with Crippen molar-refractivity contribution in [1.29, 1.82) is 0 Å². The van der Waals surface area contributed by atoms with E-state index >= 15 is 0 Å². The van der Waals surface area contributed by atoms with E-state index in [1.807, 2.05) is 0 Å². The summed E-state index contributed by atoms with van der Waals surface area (Å²) in [5.41, 5.74) is 0.0140. The minimum atomic E-state index is -3.04. The van der Waals surface area contributed by atoms with Crippen LogP contribution in [-0.4, -0.2) is 74.1 Å². The fourth-order valence-electron chi connectivity index (χ4n) is 3.00. The first-order valence-corrected chi connectivity index (χ1v) is 9.29.